The number of sulfonamides is 1. The molecule has 2 aromatic rings. The zero-order valence-electron chi connectivity index (χ0n) is 29.1. The van der Waals surface area contributed by atoms with Crippen LogP contribution < -0.4 is 20.1 Å². The van der Waals surface area contributed by atoms with Crippen molar-refractivity contribution in [2.75, 3.05) is 46.8 Å². The first-order valence-electron chi connectivity index (χ1n) is 17.0. The number of carbonyl (C=O) groups is 3. The monoisotopic (exact) mass is 733 g/mol. The number of esters is 1. The topological polar surface area (TPSA) is 188 Å². The first-order chi connectivity index (χ1) is 24.3. The number of nitrogens with zero attached hydrogens (tertiary/aromatic N) is 1. The van der Waals surface area contributed by atoms with E-state index in [2.05, 4.69) is 15.4 Å². The minimum Gasteiger partial charge on any atom is -0.469 e. The Kier molecular flexibility index (Phi) is 12.8. The lowest BCUT2D eigenvalue weighted by Gasteiger charge is -2.35. The zero-order chi connectivity index (χ0) is 36.6. The van der Waals surface area contributed by atoms with Gasteiger partial charge in [-0.3, -0.25) is 9.59 Å². The molecule has 2 fully saturated rings. The summed E-state index contributed by atoms with van der Waals surface area (Å²) < 4.78 is 62.1. The summed E-state index contributed by atoms with van der Waals surface area (Å²) in [5.74, 6) is -0.222. The third-order valence-corrected chi connectivity index (χ3v) is 11.0. The average Bonchev–Trinajstić information content (AvgIpc) is 3.85. The van der Waals surface area contributed by atoms with Gasteiger partial charge in [-0.15, -0.1) is 0 Å². The Balaban J connectivity index is 1.33. The Bertz CT molecular complexity index is 1620. The fourth-order valence-electron chi connectivity index (χ4n) is 6.29. The second-order valence-corrected chi connectivity index (χ2v) is 15.6. The highest BCUT2D eigenvalue weighted by Gasteiger charge is 2.44. The molecule has 2 amide bonds. The average molecular weight is 734 g/mol. The van der Waals surface area contributed by atoms with Crippen LogP contribution in [-0.4, -0.2) is 107 Å². The minimum absolute atomic E-state index is 0.0368. The largest absolute Gasteiger partial charge is 0.469 e. The number of ether oxygens (including phenoxy) is 6. The van der Waals surface area contributed by atoms with E-state index in [-0.39, 0.29) is 74.8 Å². The normalized spacial score (nSPS) is 20.8. The van der Waals surface area contributed by atoms with Crippen molar-refractivity contribution in [1.29, 1.82) is 0 Å². The maximum Gasteiger partial charge on any atom is 0.407 e. The molecule has 3 aliphatic heterocycles. The maximum atomic E-state index is 14.3. The van der Waals surface area contributed by atoms with E-state index in [1.54, 1.807) is 0 Å². The molecule has 2 aromatic carbocycles. The smallest absolute Gasteiger partial charge is 0.407 e. The third-order valence-electron chi connectivity index (χ3n) is 9.19. The number of rotatable bonds is 17. The maximum absolute atomic E-state index is 14.3. The molecule has 0 saturated carbocycles. The van der Waals surface area contributed by atoms with E-state index in [9.17, 15) is 27.9 Å². The van der Waals surface area contributed by atoms with E-state index in [4.69, 9.17) is 23.7 Å². The van der Waals surface area contributed by atoms with Crippen LogP contribution in [0.1, 0.15) is 45.1 Å². The van der Waals surface area contributed by atoms with Gasteiger partial charge >= 0.3 is 12.1 Å². The number of benzene rings is 2. The van der Waals surface area contributed by atoms with Crippen molar-refractivity contribution in [2.45, 2.75) is 75.4 Å². The number of fused-ring (bicyclic) bond motifs is 2. The highest BCUT2D eigenvalue weighted by molar-refractivity contribution is 7.89. The van der Waals surface area contributed by atoms with Crippen molar-refractivity contribution in [3.8, 4) is 11.5 Å². The van der Waals surface area contributed by atoms with E-state index in [1.165, 1.54) is 29.6 Å². The zero-order valence-corrected chi connectivity index (χ0v) is 29.9. The summed E-state index contributed by atoms with van der Waals surface area (Å²) in [7, 11) is -3.00. The SMILES string of the molecule is COC(=O)CCC(=O)NCCC(C)(C)CN(C[C@@H](O)[C@H](Cc1ccccc1)NC(=O)O[C@H]1CO[C@H]2OCC[C@H]21)S(=O)(=O)c1ccc2c(c1)OCO2. The molecule has 5 rings (SSSR count). The fraction of sp³-hybridized carbons (Fsp3) is 0.571. The molecule has 15 nitrogen and oxygen atoms in total. The van der Waals surface area contributed by atoms with Crippen molar-refractivity contribution in [3.63, 3.8) is 0 Å². The molecule has 0 unspecified atom stereocenters. The Morgan fingerprint density at radius 2 is 1.82 bits per heavy atom. The first kappa shape index (κ1) is 38.3. The molecule has 0 radical (unpaired) electrons. The molecule has 0 aromatic heterocycles. The summed E-state index contributed by atoms with van der Waals surface area (Å²) in [4.78, 5) is 36.9. The van der Waals surface area contributed by atoms with Gasteiger partial charge in [0.1, 0.15) is 6.10 Å². The summed E-state index contributed by atoms with van der Waals surface area (Å²) >= 11 is 0. The molecule has 16 heteroatoms. The molecular weight excluding hydrogens is 686 g/mol. The number of amides is 2. The Labute approximate surface area is 297 Å². The van der Waals surface area contributed by atoms with Crippen molar-refractivity contribution >= 4 is 28.0 Å². The number of aliphatic hydroxyl groups is 1. The number of hydrogen-bond donors (Lipinski definition) is 3. The van der Waals surface area contributed by atoms with Crippen LogP contribution in [0, 0.1) is 11.3 Å². The predicted octanol–water partition coefficient (Wildman–Crippen LogP) is 2.35. The number of carbonyl (C=O) groups excluding carboxylic acids is 3. The number of aliphatic hydroxyl groups excluding tert-OH is 1. The van der Waals surface area contributed by atoms with Crippen LogP contribution >= 0.6 is 0 Å². The number of nitrogens with one attached hydrogen (secondary N) is 2. The van der Waals surface area contributed by atoms with E-state index < -0.39 is 52.0 Å². The fourth-order valence-corrected chi connectivity index (χ4v) is 7.96. The summed E-state index contributed by atoms with van der Waals surface area (Å²) in [6.07, 6.45) is -1.91. The molecule has 0 spiro atoms. The summed E-state index contributed by atoms with van der Waals surface area (Å²) in [6.45, 7) is 4.15. The third kappa shape index (κ3) is 10.3. The van der Waals surface area contributed by atoms with Crippen LogP contribution in [0.15, 0.2) is 53.4 Å². The molecule has 51 heavy (non-hydrogen) atoms. The van der Waals surface area contributed by atoms with Crippen LogP contribution in [0.2, 0.25) is 0 Å². The lowest BCUT2D eigenvalue weighted by atomic mass is 9.89. The molecule has 2 saturated heterocycles. The standard InChI is InChI=1S/C35H47N3O12S/c1-35(2,14-15-36-31(40)11-12-32(41)45-3)21-38(51(43,44)24-9-10-28-29(18-24)49-22-48-28)19-27(39)26(17-23-7-5-4-6-8-23)37-34(42)50-30-20-47-33-25(30)13-16-46-33/h4-10,18,25-27,30,33,39H,11-17,19-22H2,1-3H3,(H,36,40)(H,37,42)/t25-,26-,27+,30-,33+/m0/s1. The van der Waals surface area contributed by atoms with Crippen molar-refractivity contribution in [3.05, 3.63) is 54.1 Å². The number of hydrogen-bond acceptors (Lipinski definition) is 12. The summed E-state index contributed by atoms with van der Waals surface area (Å²) in [6, 6.07) is 12.6. The van der Waals surface area contributed by atoms with Gasteiger partial charge in [-0.25, -0.2) is 13.2 Å². The van der Waals surface area contributed by atoms with Gasteiger partial charge in [-0.1, -0.05) is 44.2 Å². The van der Waals surface area contributed by atoms with E-state index in [0.29, 0.717) is 25.2 Å². The minimum atomic E-state index is -4.25. The molecule has 3 heterocycles. The summed E-state index contributed by atoms with van der Waals surface area (Å²) in [5.41, 5.74) is 0.103. The molecule has 3 N–H and O–H groups in total. The van der Waals surface area contributed by atoms with Crippen molar-refractivity contribution in [1.82, 2.24) is 14.9 Å². The van der Waals surface area contributed by atoms with Crippen LogP contribution in [0.25, 0.3) is 0 Å². The lowest BCUT2D eigenvalue weighted by Crippen LogP contribution is -2.52. The van der Waals surface area contributed by atoms with Crippen LogP contribution in [-0.2, 0) is 45.0 Å². The van der Waals surface area contributed by atoms with Crippen molar-refractivity contribution < 1.29 is 56.3 Å². The van der Waals surface area contributed by atoms with Gasteiger partial charge < -0.3 is 44.2 Å². The van der Waals surface area contributed by atoms with Gasteiger partial charge in [-0.05, 0) is 42.4 Å². The Morgan fingerprint density at radius 3 is 2.59 bits per heavy atom. The molecular formula is C35H47N3O12S. The van der Waals surface area contributed by atoms with E-state index in [1.807, 2.05) is 44.2 Å². The molecule has 0 aliphatic carbocycles. The molecule has 5 atom stereocenters. The highest BCUT2D eigenvalue weighted by Crippen LogP contribution is 2.36. The van der Waals surface area contributed by atoms with Crippen LogP contribution in [0.5, 0.6) is 11.5 Å². The van der Waals surface area contributed by atoms with Gasteiger partial charge in [0.2, 0.25) is 22.7 Å². The van der Waals surface area contributed by atoms with E-state index >= 15 is 0 Å². The first-order valence-corrected chi connectivity index (χ1v) is 18.4. The van der Waals surface area contributed by atoms with Gasteiger partial charge in [0.25, 0.3) is 0 Å². The number of methoxy groups -OCH3 is 1. The van der Waals surface area contributed by atoms with Crippen molar-refractivity contribution in [2.24, 2.45) is 11.3 Å². The predicted molar refractivity (Wildman–Crippen MR) is 181 cm³/mol. The van der Waals surface area contributed by atoms with E-state index in [0.717, 1.165) is 5.56 Å². The molecule has 0 bridgehead atoms. The highest BCUT2D eigenvalue weighted by atomic mass is 32.2. The lowest BCUT2D eigenvalue weighted by molar-refractivity contribution is -0.142. The number of alkyl carbamates (subject to hydrolysis) is 1. The molecule has 3 aliphatic rings. The Morgan fingerprint density at radius 1 is 1.06 bits per heavy atom. The van der Waals surface area contributed by atoms with Gasteiger partial charge in [0.05, 0.1) is 49.7 Å². The van der Waals surface area contributed by atoms with Gasteiger partial charge in [0, 0.05) is 32.1 Å². The second-order valence-electron chi connectivity index (χ2n) is 13.6. The van der Waals surface area contributed by atoms with Crippen LogP contribution in [0.3, 0.4) is 0 Å². The quantitative estimate of drug-likeness (QED) is 0.202. The van der Waals surface area contributed by atoms with Crippen LogP contribution in [0.4, 0.5) is 4.79 Å². The Hall–Kier alpha value is -3.96. The summed E-state index contributed by atoms with van der Waals surface area (Å²) in [5, 5.41) is 17.3. The van der Waals surface area contributed by atoms with Gasteiger partial charge in [0.15, 0.2) is 17.8 Å². The second kappa shape index (κ2) is 17.0. The molecule has 280 valence electrons. The van der Waals surface area contributed by atoms with Gasteiger partial charge in [-0.2, -0.15) is 4.31 Å².